The minimum atomic E-state index is -4.46. The number of alkyl halides is 3. The molecule has 0 spiro atoms. The molecule has 0 aliphatic carbocycles. The zero-order valence-corrected chi connectivity index (χ0v) is 7.30. The number of nitrogens with zero attached hydrogens (tertiary/aromatic N) is 1. The third-order valence-corrected chi connectivity index (χ3v) is 1.70. The van der Waals surface area contributed by atoms with Gasteiger partial charge in [0.1, 0.15) is 0 Å². The van der Waals surface area contributed by atoms with Crippen molar-refractivity contribution in [3.05, 3.63) is 36.2 Å². The normalized spacial score (nSPS) is 11.4. The number of nitrogens with two attached hydrogens (primary N) is 1. The number of pyridine rings is 1. The van der Waals surface area contributed by atoms with Crippen LogP contribution < -0.4 is 5.73 Å². The molecule has 0 aliphatic heterocycles. The Balaban J connectivity index is 3.23. The Hall–Kier alpha value is -1.36. The van der Waals surface area contributed by atoms with E-state index >= 15 is 0 Å². The molecular formula is C9H9F3N2. The maximum atomic E-state index is 12.4. The Morgan fingerprint density at radius 1 is 1.50 bits per heavy atom. The number of hydrogen-bond donors (Lipinski definition) is 1. The van der Waals surface area contributed by atoms with Crippen molar-refractivity contribution in [3.63, 3.8) is 0 Å². The molecule has 2 nitrogen and oxygen atoms in total. The summed E-state index contributed by atoms with van der Waals surface area (Å²) in [6.45, 7) is 3.43. The SMILES string of the molecule is C=C(CN)c1cccnc1C(F)(F)F. The molecule has 1 aromatic rings. The first-order chi connectivity index (χ1) is 6.46. The lowest BCUT2D eigenvalue weighted by Gasteiger charge is -2.11. The van der Waals surface area contributed by atoms with Gasteiger partial charge in [-0.15, -0.1) is 0 Å². The lowest BCUT2D eigenvalue weighted by Crippen LogP contribution is -2.13. The molecule has 0 atom stereocenters. The van der Waals surface area contributed by atoms with E-state index in [9.17, 15) is 13.2 Å². The molecule has 0 saturated heterocycles. The Morgan fingerprint density at radius 2 is 2.14 bits per heavy atom. The van der Waals surface area contributed by atoms with Crippen molar-refractivity contribution >= 4 is 5.57 Å². The van der Waals surface area contributed by atoms with Crippen molar-refractivity contribution in [1.82, 2.24) is 4.98 Å². The average Bonchev–Trinajstić information content (AvgIpc) is 2.15. The number of aromatic nitrogens is 1. The summed E-state index contributed by atoms with van der Waals surface area (Å²) < 4.78 is 37.2. The van der Waals surface area contributed by atoms with Gasteiger partial charge >= 0.3 is 6.18 Å². The standard InChI is InChI=1S/C9H9F3N2/c1-6(5-13)7-3-2-4-14-8(7)9(10,11)12/h2-4H,1,5,13H2. The fourth-order valence-corrected chi connectivity index (χ4v) is 1.03. The summed E-state index contributed by atoms with van der Waals surface area (Å²) >= 11 is 0. The molecule has 5 heteroatoms. The van der Waals surface area contributed by atoms with Crippen LogP contribution in [-0.4, -0.2) is 11.5 Å². The van der Waals surface area contributed by atoms with E-state index in [1.54, 1.807) is 0 Å². The van der Waals surface area contributed by atoms with Gasteiger partial charge in [-0.3, -0.25) is 4.98 Å². The minimum absolute atomic E-state index is 0.0191. The van der Waals surface area contributed by atoms with Crippen LogP contribution in [0.15, 0.2) is 24.9 Å². The van der Waals surface area contributed by atoms with Crippen LogP contribution in [0.4, 0.5) is 13.2 Å². The summed E-state index contributed by atoms with van der Waals surface area (Å²) in [5, 5.41) is 0. The van der Waals surface area contributed by atoms with E-state index in [1.807, 2.05) is 0 Å². The van der Waals surface area contributed by atoms with E-state index in [1.165, 1.54) is 12.1 Å². The first-order valence-electron chi connectivity index (χ1n) is 3.87. The van der Waals surface area contributed by atoms with Crippen molar-refractivity contribution < 1.29 is 13.2 Å². The molecule has 0 saturated carbocycles. The predicted octanol–water partition coefficient (Wildman–Crippen LogP) is 2.07. The molecule has 0 fully saturated rings. The van der Waals surface area contributed by atoms with Gasteiger partial charge in [-0.05, 0) is 11.6 Å². The zero-order valence-electron chi connectivity index (χ0n) is 7.30. The molecule has 2 N–H and O–H groups in total. The van der Waals surface area contributed by atoms with Crippen LogP contribution >= 0.6 is 0 Å². The van der Waals surface area contributed by atoms with Gasteiger partial charge in [0.05, 0.1) is 0 Å². The fraction of sp³-hybridized carbons (Fsp3) is 0.222. The topological polar surface area (TPSA) is 38.9 Å². The maximum Gasteiger partial charge on any atom is 0.433 e. The summed E-state index contributed by atoms with van der Waals surface area (Å²) in [7, 11) is 0. The molecule has 0 radical (unpaired) electrons. The summed E-state index contributed by atoms with van der Waals surface area (Å²) in [5.41, 5.74) is 4.47. The van der Waals surface area contributed by atoms with Crippen molar-refractivity contribution in [1.29, 1.82) is 0 Å². The summed E-state index contributed by atoms with van der Waals surface area (Å²) in [6, 6.07) is 2.73. The summed E-state index contributed by atoms with van der Waals surface area (Å²) in [4.78, 5) is 3.28. The Kier molecular flexibility index (Phi) is 2.90. The quantitative estimate of drug-likeness (QED) is 0.797. The molecule has 1 aromatic heterocycles. The number of hydrogen-bond acceptors (Lipinski definition) is 2. The van der Waals surface area contributed by atoms with Crippen LogP contribution in [-0.2, 0) is 6.18 Å². The van der Waals surface area contributed by atoms with Gasteiger partial charge in [-0.1, -0.05) is 12.6 Å². The van der Waals surface area contributed by atoms with Crippen LogP contribution in [0.25, 0.3) is 5.57 Å². The third kappa shape index (κ3) is 2.11. The molecule has 0 bridgehead atoms. The monoisotopic (exact) mass is 202 g/mol. The first kappa shape index (κ1) is 10.7. The Bertz CT molecular complexity index is 344. The van der Waals surface area contributed by atoms with Crippen LogP contribution in [0, 0.1) is 0 Å². The largest absolute Gasteiger partial charge is 0.433 e. The second-order valence-electron chi connectivity index (χ2n) is 2.71. The van der Waals surface area contributed by atoms with Gasteiger partial charge in [0, 0.05) is 18.3 Å². The molecule has 0 unspecified atom stereocenters. The highest BCUT2D eigenvalue weighted by molar-refractivity contribution is 5.66. The third-order valence-electron chi connectivity index (χ3n) is 1.70. The van der Waals surface area contributed by atoms with Gasteiger partial charge in [0.15, 0.2) is 5.69 Å². The van der Waals surface area contributed by atoms with Gasteiger partial charge < -0.3 is 5.73 Å². The van der Waals surface area contributed by atoms with E-state index < -0.39 is 11.9 Å². The zero-order chi connectivity index (χ0) is 10.8. The van der Waals surface area contributed by atoms with Crippen molar-refractivity contribution in [3.8, 4) is 0 Å². The van der Waals surface area contributed by atoms with Crippen LogP contribution in [0.1, 0.15) is 11.3 Å². The van der Waals surface area contributed by atoms with E-state index in [4.69, 9.17) is 5.73 Å². The van der Waals surface area contributed by atoms with Crippen LogP contribution in [0.5, 0.6) is 0 Å². The van der Waals surface area contributed by atoms with Crippen molar-refractivity contribution in [2.45, 2.75) is 6.18 Å². The van der Waals surface area contributed by atoms with Crippen LogP contribution in [0.2, 0.25) is 0 Å². The fourth-order valence-electron chi connectivity index (χ4n) is 1.03. The molecule has 1 rings (SSSR count). The molecule has 0 amide bonds. The van der Waals surface area contributed by atoms with E-state index in [-0.39, 0.29) is 17.7 Å². The summed E-state index contributed by atoms with van der Waals surface area (Å²) in [5.74, 6) is 0. The molecule has 14 heavy (non-hydrogen) atoms. The first-order valence-corrected chi connectivity index (χ1v) is 3.87. The second kappa shape index (κ2) is 3.79. The van der Waals surface area contributed by atoms with Gasteiger partial charge in [-0.2, -0.15) is 13.2 Å². The molecule has 76 valence electrons. The minimum Gasteiger partial charge on any atom is -0.326 e. The highest BCUT2D eigenvalue weighted by Crippen LogP contribution is 2.32. The Morgan fingerprint density at radius 3 is 2.64 bits per heavy atom. The van der Waals surface area contributed by atoms with Crippen molar-refractivity contribution in [2.24, 2.45) is 5.73 Å². The van der Waals surface area contributed by atoms with Gasteiger partial charge in [-0.25, -0.2) is 0 Å². The maximum absolute atomic E-state index is 12.4. The van der Waals surface area contributed by atoms with Gasteiger partial charge in [0.25, 0.3) is 0 Å². The smallest absolute Gasteiger partial charge is 0.326 e. The van der Waals surface area contributed by atoms with E-state index in [0.29, 0.717) is 0 Å². The highest BCUT2D eigenvalue weighted by Gasteiger charge is 2.35. The highest BCUT2D eigenvalue weighted by atomic mass is 19.4. The van der Waals surface area contributed by atoms with E-state index in [0.717, 1.165) is 6.20 Å². The van der Waals surface area contributed by atoms with Crippen molar-refractivity contribution in [2.75, 3.05) is 6.54 Å². The molecule has 1 heterocycles. The average molecular weight is 202 g/mol. The Labute approximate surface area is 79.3 Å². The lowest BCUT2D eigenvalue weighted by atomic mass is 10.1. The molecule has 0 aliphatic rings. The number of rotatable bonds is 2. The van der Waals surface area contributed by atoms with Gasteiger partial charge in [0.2, 0.25) is 0 Å². The second-order valence-corrected chi connectivity index (χ2v) is 2.71. The molecule has 0 aromatic carbocycles. The number of halogens is 3. The van der Waals surface area contributed by atoms with Crippen LogP contribution in [0.3, 0.4) is 0 Å². The van der Waals surface area contributed by atoms with E-state index in [2.05, 4.69) is 11.6 Å². The predicted molar refractivity (Wildman–Crippen MR) is 47.3 cm³/mol. The lowest BCUT2D eigenvalue weighted by molar-refractivity contribution is -0.141. The molecular weight excluding hydrogens is 193 g/mol. The summed E-state index contributed by atoms with van der Waals surface area (Å²) in [6.07, 6.45) is -3.37.